The van der Waals surface area contributed by atoms with Crippen LogP contribution in [0.3, 0.4) is 0 Å². The number of methoxy groups -OCH3 is 3. The van der Waals surface area contributed by atoms with Crippen LogP contribution in [0.25, 0.3) is 22.2 Å². The van der Waals surface area contributed by atoms with Gasteiger partial charge >= 0.3 is 0 Å². The summed E-state index contributed by atoms with van der Waals surface area (Å²) in [4.78, 5) is 7.00. The third kappa shape index (κ3) is 4.18. The molecule has 6 heteroatoms. The second-order valence-electron chi connectivity index (χ2n) is 6.59. The van der Waals surface area contributed by atoms with Crippen molar-refractivity contribution in [3.63, 3.8) is 0 Å². The summed E-state index contributed by atoms with van der Waals surface area (Å²) in [5, 5.41) is 10.2. The number of ether oxygens (including phenoxy) is 3. The van der Waals surface area contributed by atoms with Gasteiger partial charge in [0.25, 0.3) is 0 Å². The van der Waals surface area contributed by atoms with Gasteiger partial charge in [-0.3, -0.25) is 4.90 Å². The van der Waals surface area contributed by atoms with E-state index in [4.69, 9.17) is 19.2 Å². The Balaban J connectivity index is 2.19. The molecule has 2 aromatic carbocycles. The van der Waals surface area contributed by atoms with Gasteiger partial charge in [0.1, 0.15) is 5.75 Å². The molecule has 0 amide bonds. The molecule has 0 unspecified atom stereocenters. The van der Waals surface area contributed by atoms with Crippen LogP contribution in [0.2, 0.25) is 0 Å². The zero-order chi connectivity index (χ0) is 20.1. The number of hydrogen-bond acceptors (Lipinski definition) is 6. The van der Waals surface area contributed by atoms with Crippen molar-refractivity contribution in [3.05, 3.63) is 48.0 Å². The third-order valence-electron chi connectivity index (χ3n) is 4.66. The van der Waals surface area contributed by atoms with Crippen molar-refractivity contribution in [2.24, 2.45) is 0 Å². The topological polar surface area (TPSA) is 64.0 Å². The lowest BCUT2D eigenvalue weighted by Crippen LogP contribution is -2.22. The minimum atomic E-state index is 0.108. The average molecular weight is 382 g/mol. The molecule has 0 bridgehead atoms. The summed E-state index contributed by atoms with van der Waals surface area (Å²) in [6.45, 7) is 1.35. The molecule has 0 saturated heterocycles. The molecule has 1 N–H and O–H groups in total. The SMILES string of the molecule is COc1cccc(-c2nc3cc(OC)c(OC)cc3cc2CN(C)CCO)c1. The second-order valence-corrected chi connectivity index (χ2v) is 6.59. The van der Waals surface area contributed by atoms with Crippen LogP contribution >= 0.6 is 0 Å². The Bertz CT molecular complexity index is 959. The maximum Gasteiger partial charge on any atom is 0.162 e. The Labute approximate surface area is 165 Å². The number of pyridine rings is 1. The van der Waals surface area contributed by atoms with Crippen LogP contribution in [0.4, 0.5) is 0 Å². The van der Waals surface area contributed by atoms with Crippen molar-refractivity contribution in [1.82, 2.24) is 9.88 Å². The van der Waals surface area contributed by atoms with Gasteiger partial charge in [-0.05, 0) is 36.9 Å². The van der Waals surface area contributed by atoms with E-state index in [0.29, 0.717) is 24.6 Å². The number of hydrogen-bond donors (Lipinski definition) is 1. The van der Waals surface area contributed by atoms with Crippen LogP contribution in [0, 0.1) is 0 Å². The molecular formula is C22H26N2O4. The fraction of sp³-hybridized carbons (Fsp3) is 0.318. The molecule has 1 aromatic heterocycles. The zero-order valence-corrected chi connectivity index (χ0v) is 16.7. The first kappa shape index (κ1) is 19.9. The maximum atomic E-state index is 9.26. The molecule has 0 radical (unpaired) electrons. The Hall–Kier alpha value is -2.83. The molecule has 0 aliphatic carbocycles. The van der Waals surface area contributed by atoms with Crippen molar-refractivity contribution in [3.8, 4) is 28.5 Å². The van der Waals surface area contributed by atoms with Gasteiger partial charge in [0, 0.05) is 30.1 Å². The first-order chi connectivity index (χ1) is 13.6. The highest BCUT2D eigenvalue weighted by molar-refractivity contribution is 5.86. The number of aliphatic hydroxyl groups is 1. The summed E-state index contributed by atoms with van der Waals surface area (Å²) in [6, 6.07) is 13.8. The number of nitrogens with zero attached hydrogens (tertiary/aromatic N) is 2. The van der Waals surface area contributed by atoms with E-state index in [1.807, 2.05) is 43.4 Å². The van der Waals surface area contributed by atoms with Crippen LogP contribution in [0.15, 0.2) is 42.5 Å². The van der Waals surface area contributed by atoms with E-state index in [1.165, 1.54) is 0 Å². The van der Waals surface area contributed by atoms with Gasteiger partial charge in [-0.15, -0.1) is 0 Å². The number of aromatic nitrogens is 1. The van der Waals surface area contributed by atoms with Gasteiger partial charge < -0.3 is 19.3 Å². The zero-order valence-electron chi connectivity index (χ0n) is 16.7. The Kier molecular flexibility index (Phi) is 6.34. The molecule has 148 valence electrons. The summed E-state index contributed by atoms with van der Waals surface area (Å²) in [5.41, 5.74) is 3.74. The quantitative estimate of drug-likeness (QED) is 0.645. The molecule has 1 heterocycles. The molecule has 3 rings (SSSR count). The largest absolute Gasteiger partial charge is 0.497 e. The molecule has 0 fully saturated rings. The Morgan fingerprint density at radius 1 is 0.964 bits per heavy atom. The van der Waals surface area contributed by atoms with Gasteiger partial charge in [0.2, 0.25) is 0 Å². The van der Waals surface area contributed by atoms with E-state index < -0.39 is 0 Å². The standard InChI is InChI=1S/C22H26N2O4/c1-24(8-9-25)14-17-10-16-12-20(27-3)21(28-4)13-19(16)23-22(17)15-6-5-7-18(11-15)26-2/h5-7,10-13,25H,8-9,14H2,1-4H3. The number of benzene rings is 2. The van der Waals surface area contributed by atoms with Crippen molar-refractivity contribution in [2.75, 3.05) is 41.5 Å². The predicted molar refractivity (Wildman–Crippen MR) is 110 cm³/mol. The second kappa shape index (κ2) is 8.91. The van der Waals surface area contributed by atoms with Gasteiger partial charge in [0.05, 0.1) is 39.1 Å². The van der Waals surface area contributed by atoms with Crippen LogP contribution < -0.4 is 14.2 Å². The van der Waals surface area contributed by atoms with Crippen molar-refractivity contribution < 1.29 is 19.3 Å². The number of fused-ring (bicyclic) bond motifs is 1. The highest BCUT2D eigenvalue weighted by Gasteiger charge is 2.15. The monoisotopic (exact) mass is 382 g/mol. The summed E-state index contributed by atoms with van der Waals surface area (Å²) in [5.74, 6) is 2.09. The lowest BCUT2D eigenvalue weighted by molar-refractivity contribution is 0.217. The lowest BCUT2D eigenvalue weighted by Gasteiger charge is -2.19. The van der Waals surface area contributed by atoms with E-state index in [1.54, 1.807) is 21.3 Å². The maximum absolute atomic E-state index is 9.26. The molecule has 0 aliphatic rings. The summed E-state index contributed by atoms with van der Waals surface area (Å²) in [7, 11) is 6.87. The smallest absolute Gasteiger partial charge is 0.162 e. The molecular weight excluding hydrogens is 356 g/mol. The van der Waals surface area contributed by atoms with E-state index in [9.17, 15) is 5.11 Å². The highest BCUT2D eigenvalue weighted by atomic mass is 16.5. The molecule has 0 aliphatic heterocycles. The molecule has 0 atom stereocenters. The van der Waals surface area contributed by atoms with Crippen LogP contribution in [0.5, 0.6) is 17.2 Å². The van der Waals surface area contributed by atoms with Gasteiger partial charge in [-0.2, -0.15) is 0 Å². The molecule has 0 saturated carbocycles. The van der Waals surface area contributed by atoms with E-state index in [-0.39, 0.29) is 6.61 Å². The van der Waals surface area contributed by atoms with Gasteiger partial charge in [0.15, 0.2) is 11.5 Å². The minimum absolute atomic E-state index is 0.108. The Morgan fingerprint density at radius 2 is 1.71 bits per heavy atom. The fourth-order valence-corrected chi connectivity index (χ4v) is 3.23. The summed E-state index contributed by atoms with van der Waals surface area (Å²) in [6.07, 6.45) is 0. The number of rotatable bonds is 8. The molecule has 28 heavy (non-hydrogen) atoms. The van der Waals surface area contributed by atoms with E-state index in [2.05, 4.69) is 11.0 Å². The first-order valence-corrected chi connectivity index (χ1v) is 9.09. The molecule has 6 nitrogen and oxygen atoms in total. The molecule has 0 spiro atoms. The van der Waals surface area contributed by atoms with Crippen molar-refractivity contribution in [2.45, 2.75) is 6.54 Å². The fourth-order valence-electron chi connectivity index (χ4n) is 3.23. The van der Waals surface area contributed by atoms with Crippen LogP contribution in [-0.2, 0) is 6.54 Å². The van der Waals surface area contributed by atoms with Crippen molar-refractivity contribution in [1.29, 1.82) is 0 Å². The normalized spacial score (nSPS) is 11.1. The number of aliphatic hydroxyl groups excluding tert-OH is 1. The Morgan fingerprint density at radius 3 is 2.39 bits per heavy atom. The van der Waals surface area contributed by atoms with E-state index >= 15 is 0 Å². The van der Waals surface area contributed by atoms with Crippen LogP contribution in [-0.4, -0.2) is 56.5 Å². The average Bonchev–Trinajstić information content (AvgIpc) is 2.72. The number of likely N-dealkylation sites (N-methyl/N-ethyl adjacent to an activating group) is 1. The van der Waals surface area contributed by atoms with Crippen molar-refractivity contribution >= 4 is 10.9 Å². The summed E-state index contributed by atoms with van der Waals surface area (Å²) < 4.78 is 16.3. The summed E-state index contributed by atoms with van der Waals surface area (Å²) >= 11 is 0. The van der Waals surface area contributed by atoms with E-state index in [0.717, 1.165) is 33.5 Å². The lowest BCUT2D eigenvalue weighted by atomic mass is 10.0. The van der Waals surface area contributed by atoms with Gasteiger partial charge in [-0.25, -0.2) is 4.98 Å². The van der Waals surface area contributed by atoms with Crippen LogP contribution in [0.1, 0.15) is 5.56 Å². The molecule has 3 aromatic rings. The first-order valence-electron chi connectivity index (χ1n) is 9.09. The minimum Gasteiger partial charge on any atom is -0.497 e. The predicted octanol–water partition coefficient (Wildman–Crippen LogP) is 3.35. The third-order valence-corrected chi connectivity index (χ3v) is 4.66. The highest BCUT2D eigenvalue weighted by Crippen LogP contribution is 2.35. The van der Waals surface area contributed by atoms with Gasteiger partial charge in [-0.1, -0.05) is 12.1 Å².